The molecule has 2 aromatic rings. The Labute approximate surface area is 75.2 Å². The molecule has 3 heteroatoms. The maximum Gasteiger partial charge on any atom is 0.150 e. The molecule has 0 atom stereocenters. The van der Waals surface area contributed by atoms with Gasteiger partial charge in [0, 0.05) is 5.39 Å². The van der Waals surface area contributed by atoms with E-state index in [4.69, 9.17) is 0 Å². The SMILES string of the molecule is Cc1c(C)n(O)c2c(F)cccc12. The Morgan fingerprint density at radius 1 is 1.31 bits per heavy atom. The molecule has 2 nitrogen and oxygen atoms in total. The lowest BCUT2D eigenvalue weighted by Crippen LogP contribution is -1.94. The van der Waals surface area contributed by atoms with Crippen LogP contribution in [-0.4, -0.2) is 9.94 Å². The number of benzene rings is 1. The van der Waals surface area contributed by atoms with Gasteiger partial charge in [0.2, 0.25) is 0 Å². The van der Waals surface area contributed by atoms with Crippen molar-refractivity contribution < 1.29 is 9.60 Å². The average molecular weight is 179 g/mol. The standard InChI is InChI=1S/C10H10FNO/c1-6-7(2)12(13)10-8(6)4-3-5-9(10)11/h3-5,13H,1-2H3. The van der Waals surface area contributed by atoms with Crippen LogP contribution < -0.4 is 0 Å². The minimum Gasteiger partial charge on any atom is -0.428 e. The maximum atomic E-state index is 13.3. The molecule has 1 heterocycles. The number of hydrogen-bond donors (Lipinski definition) is 1. The maximum absolute atomic E-state index is 13.3. The highest BCUT2D eigenvalue weighted by molar-refractivity contribution is 5.85. The van der Waals surface area contributed by atoms with Gasteiger partial charge in [0.25, 0.3) is 0 Å². The van der Waals surface area contributed by atoms with Gasteiger partial charge in [-0.1, -0.05) is 12.1 Å². The molecule has 0 aliphatic rings. The van der Waals surface area contributed by atoms with Crippen molar-refractivity contribution >= 4 is 10.9 Å². The van der Waals surface area contributed by atoms with E-state index in [1.807, 2.05) is 6.92 Å². The molecule has 68 valence electrons. The van der Waals surface area contributed by atoms with E-state index < -0.39 is 5.82 Å². The van der Waals surface area contributed by atoms with E-state index in [0.717, 1.165) is 15.7 Å². The Morgan fingerprint density at radius 3 is 2.62 bits per heavy atom. The second-order valence-corrected chi connectivity index (χ2v) is 3.16. The fourth-order valence-corrected chi connectivity index (χ4v) is 1.55. The molecular weight excluding hydrogens is 169 g/mol. The molecule has 0 aliphatic carbocycles. The van der Waals surface area contributed by atoms with Gasteiger partial charge in [-0.15, -0.1) is 0 Å². The summed E-state index contributed by atoms with van der Waals surface area (Å²) in [6, 6.07) is 4.78. The molecule has 1 N–H and O–H groups in total. The number of halogens is 1. The van der Waals surface area contributed by atoms with Crippen molar-refractivity contribution in [3.63, 3.8) is 0 Å². The first-order valence-electron chi connectivity index (χ1n) is 4.08. The predicted octanol–water partition coefficient (Wildman–Crippen LogP) is 2.63. The van der Waals surface area contributed by atoms with Crippen molar-refractivity contribution in [1.82, 2.24) is 4.73 Å². The molecule has 0 saturated heterocycles. The molecule has 0 radical (unpaired) electrons. The van der Waals surface area contributed by atoms with Crippen molar-refractivity contribution in [2.75, 3.05) is 0 Å². The molecule has 13 heavy (non-hydrogen) atoms. The van der Waals surface area contributed by atoms with E-state index in [0.29, 0.717) is 5.69 Å². The van der Waals surface area contributed by atoms with Crippen molar-refractivity contribution in [3.05, 3.63) is 35.3 Å². The summed E-state index contributed by atoms with van der Waals surface area (Å²) in [5.74, 6) is -0.392. The zero-order chi connectivity index (χ0) is 9.59. The minimum absolute atomic E-state index is 0.262. The lowest BCUT2D eigenvalue weighted by atomic mass is 10.1. The van der Waals surface area contributed by atoms with E-state index in [2.05, 4.69) is 0 Å². The van der Waals surface area contributed by atoms with Crippen molar-refractivity contribution in [3.8, 4) is 0 Å². The highest BCUT2D eigenvalue weighted by Gasteiger charge is 2.12. The summed E-state index contributed by atoms with van der Waals surface area (Å²) in [5, 5.41) is 10.3. The monoisotopic (exact) mass is 179 g/mol. The summed E-state index contributed by atoms with van der Waals surface area (Å²) in [6.45, 7) is 3.62. The molecule has 0 bridgehead atoms. The third-order valence-electron chi connectivity index (χ3n) is 2.46. The van der Waals surface area contributed by atoms with E-state index >= 15 is 0 Å². The fraction of sp³-hybridized carbons (Fsp3) is 0.200. The van der Waals surface area contributed by atoms with Gasteiger partial charge in [-0.05, 0) is 25.5 Å². The summed E-state index contributed by atoms with van der Waals surface area (Å²) in [6.07, 6.45) is 0. The lowest BCUT2D eigenvalue weighted by Gasteiger charge is -1.97. The first-order chi connectivity index (χ1) is 6.13. The number of rotatable bonds is 0. The Kier molecular flexibility index (Phi) is 1.55. The number of hydrogen-bond acceptors (Lipinski definition) is 1. The van der Waals surface area contributed by atoms with Gasteiger partial charge >= 0.3 is 0 Å². The van der Waals surface area contributed by atoms with Crippen LogP contribution in [0.25, 0.3) is 10.9 Å². The van der Waals surface area contributed by atoms with Gasteiger partial charge in [0.05, 0.1) is 5.69 Å². The Hall–Kier alpha value is -1.51. The Balaban J connectivity index is 3.03. The molecule has 0 spiro atoms. The molecule has 0 amide bonds. The van der Waals surface area contributed by atoms with E-state index in [9.17, 15) is 9.60 Å². The number of aromatic nitrogens is 1. The highest BCUT2D eigenvalue weighted by Crippen LogP contribution is 2.25. The van der Waals surface area contributed by atoms with Gasteiger partial charge in [0.15, 0.2) is 5.82 Å². The first kappa shape index (κ1) is 8.10. The van der Waals surface area contributed by atoms with Crippen molar-refractivity contribution in [2.24, 2.45) is 0 Å². The fourth-order valence-electron chi connectivity index (χ4n) is 1.55. The molecule has 0 aliphatic heterocycles. The third-order valence-corrected chi connectivity index (χ3v) is 2.46. The van der Waals surface area contributed by atoms with Crippen LogP contribution in [0.4, 0.5) is 4.39 Å². The van der Waals surface area contributed by atoms with E-state index in [-0.39, 0.29) is 5.52 Å². The highest BCUT2D eigenvalue weighted by atomic mass is 19.1. The second kappa shape index (κ2) is 2.49. The minimum atomic E-state index is -0.392. The summed E-state index contributed by atoms with van der Waals surface area (Å²) in [4.78, 5) is 0. The molecular formula is C10H10FNO. The summed E-state index contributed by atoms with van der Waals surface area (Å²) in [7, 11) is 0. The molecule has 2 rings (SSSR count). The summed E-state index contributed by atoms with van der Waals surface area (Å²) in [5.41, 5.74) is 1.86. The topological polar surface area (TPSA) is 25.2 Å². The van der Waals surface area contributed by atoms with Gasteiger partial charge in [-0.25, -0.2) is 4.39 Å². The lowest BCUT2D eigenvalue weighted by molar-refractivity contribution is 0.191. The molecule has 0 unspecified atom stereocenters. The quantitative estimate of drug-likeness (QED) is 0.618. The average Bonchev–Trinajstić information content (AvgIpc) is 2.33. The largest absolute Gasteiger partial charge is 0.428 e. The number of para-hydroxylation sites is 1. The molecule has 1 aromatic heterocycles. The van der Waals surface area contributed by atoms with Crippen LogP contribution in [0.2, 0.25) is 0 Å². The third kappa shape index (κ3) is 0.932. The zero-order valence-electron chi connectivity index (χ0n) is 7.50. The van der Waals surface area contributed by atoms with Gasteiger partial charge in [-0.3, -0.25) is 0 Å². The van der Waals surface area contributed by atoms with Crippen LogP contribution in [0.1, 0.15) is 11.3 Å². The van der Waals surface area contributed by atoms with Crippen LogP contribution in [0.5, 0.6) is 0 Å². The molecule has 1 aromatic carbocycles. The van der Waals surface area contributed by atoms with Gasteiger partial charge in [0.1, 0.15) is 5.52 Å². The molecule has 0 fully saturated rings. The normalized spacial score (nSPS) is 11.0. The van der Waals surface area contributed by atoms with Crippen molar-refractivity contribution in [1.29, 1.82) is 0 Å². The van der Waals surface area contributed by atoms with Crippen molar-refractivity contribution in [2.45, 2.75) is 13.8 Å². The first-order valence-corrected chi connectivity index (χ1v) is 4.08. The van der Waals surface area contributed by atoms with Crippen LogP contribution >= 0.6 is 0 Å². The van der Waals surface area contributed by atoms with Crippen LogP contribution in [0, 0.1) is 19.7 Å². The Morgan fingerprint density at radius 2 is 2.00 bits per heavy atom. The van der Waals surface area contributed by atoms with E-state index in [1.54, 1.807) is 19.1 Å². The van der Waals surface area contributed by atoms with Crippen LogP contribution in [0.15, 0.2) is 18.2 Å². The van der Waals surface area contributed by atoms with Crippen LogP contribution in [-0.2, 0) is 0 Å². The van der Waals surface area contributed by atoms with E-state index in [1.165, 1.54) is 6.07 Å². The molecule has 0 saturated carbocycles. The zero-order valence-corrected chi connectivity index (χ0v) is 7.50. The summed E-state index contributed by atoms with van der Waals surface area (Å²) < 4.78 is 14.2. The van der Waals surface area contributed by atoms with Gasteiger partial charge in [-0.2, -0.15) is 4.73 Å². The number of fused-ring (bicyclic) bond motifs is 1. The summed E-state index contributed by atoms with van der Waals surface area (Å²) >= 11 is 0. The van der Waals surface area contributed by atoms with Gasteiger partial charge < -0.3 is 5.21 Å². The Bertz CT molecular complexity index is 473. The number of nitrogens with zero attached hydrogens (tertiary/aromatic N) is 1. The number of aryl methyl sites for hydroxylation is 1. The second-order valence-electron chi connectivity index (χ2n) is 3.16. The smallest absolute Gasteiger partial charge is 0.150 e. The predicted molar refractivity (Wildman–Crippen MR) is 48.6 cm³/mol. The van der Waals surface area contributed by atoms with Crippen LogP contribution in [0.3, 0.4) is 0 Å².